The van der Waals surface area contributed by atoms with Gasteiger partial charge in [-0.15, -0.1) is 10.2 Å². The Morgan fingerprint density at radius 2 is 1.92 bits per heavy atom. The van der Waals surface area contributed by atoms with Crippen molar-refractivity contribution in [3.05, 3.63) is 29.3 Å². The molecule has 2 heterocycles. The van der Waals surface area contributed by atoms with Gasteiger partial charge >= 0.3 is 0 Å². The number of aromatic nitrogens is 2. The van der Waals surface area contributed by atoms with Crippen LogP contribution < -0.4 is 5.32 Å². The molecular weight excluding hydrogens is 416 g/mol. The Bertz CT molecular complexity index is 878. The van der Waals surface area contributed by atoms with Gasteiger partial charge < -0.3 is 5.32 Å². The second kappa shape index (κ2) is 8.22. The number of thioether (sulfide) groups is 1. The van der Waals surface area contributed by atoms with Gasteiger partial charge in [0.1, 0.15) is 0 Å². The first kappa shape index (κ1) is 19.6. The fourth-order valence-corrected chi connectivity index (χ4v) is 5.43. The maximum atomic E-state index is 12.7. The van der Waals surface area contributed by atoms with Crippen LogP contribution in [0, 0.1) is 5.92 Å². The van der Waals surface area contributed by atoms with E-state index in [2.05, 4.69) is 15.5 Å². The largest absolute Gasteiger partial charge is 0.300 e. The van der Waals surface area contributed by atoms with E-state index < -0.39 is 10.0 Å². The summed E-state index contributed by atoms with van der Waals surface area (Å²) >= 11 is 8.60. The van der Waals surface area contributed by atoms with Crippen LogP contribution in [0.4, 0.5) is 5.13 Å². The number of hydrogen-bond donors (Lipinski definition) is 1. The molecule has 11 heteroatoms. The average Bonchev–Trinajstić information content (AvgIpc) is 3.10. The van der Waals surface area contributed by atoms with Crippen LogP contribution in [0.1, 0.15) is 12.8 Å². The monoisotopic (exact) mass is 432 g/mol. The van der Waals surface area contributed by atoms with Crippen LogP contribution in [0.15, 0.2) is 33.5 Å². The highest BCUT2D eigenvalue weighted by molar-refractivity contribution is 8.00. The summed E-state index contributed by atoms with van der Waals surface area (Å²) < 4.78 is 27.5. The first-order chi connectivity index (χ1) is 12.4. The molecule has 1 aromatic heterocycles. The molecule has 7 nitrogen and oxygen atoms in total. The molecule has 1 saturated heterocycles. The van der Waals surface area contributed by atoms with Crippen LogP contribution in [0.3, 0.4) is 0 Å². The van der Waals surface area contributed by atoms with E-state index in [1.165, 1.54) is 39.5 Å². The third-order valence-electron chi connectivity index (χ3n) is 4.09. The first-order valence-corrected chi connectivity index (χ1v) is 11.7. The number of carbonyl (C=O) groups is 1. The Morgan fingerprint density at radius 1 is 1.27 bits per heavy atom. The van der Waals surface area contributed by atoms with Gasteiger partial charge in [-0.1, -0.05) is 34.7 Å². The van der Waals surface area contributed by atoms with Crippen LogP contribution in [0.2, 0.25) is 5.02 Å². The number of hydrogen-bond acceptors (Lipinski definition) is 7. The lowest BCUT2D eigenvalue weighted by Crippen LogP contribution is -2.41. The zero-order valence-corrected chi connectivity index (χ0v) is 17.1. The molecule has 2 aromatic rings. The summed E-state index contributed by atoms with van der Waals surface area (Å²) in [4.78, 5) is 12.6. The van der Waals surface area contributed by atoms with Crippen LogP contribution >= 0.6 is 34.7 Å². The Hall–Kier alpha value is -1.20. The van der Waals surface area contributed by atoms with Gasteiger partial charge in [-0.2, -0.15) is 4.31 Å². The van der Waals surface area contributed by atoms with Crippen molar-refractivity contribution < 1.29 is 13.2 Å². The lowest BCUT2D eigenvalue weighted by atomic mass is 9.97. The van der Waals surface area contributed by atoms with Crippen LogP contribution in [0.5, 0.6) is 0 Å². The third-order valence-corrected chi connectivity index (χ3v) is 8.07. The third kappa shape index (κ3) is 4.37. The predicted molar refractivity (Wildman–Crippen MR) is 103 cm³/mol. The number of carbonyl (C=O) groups excluding carboxylic acids is 1. The number of piperidine rings is 1. The molecule has 1 aliphatic rings. The maximum Gasteiger partial charge on any atom is 0.243 e. The predicted octanol–water partition coefficient (Wildman–Crippen LogP) is 2.95. The zero-order chi connectivity index (χ0) is 18.7. The molecule has 3 rings (SSSR count). The summed E-state index contributed by atoms with van der Waals surface area (Å²) in [6.07, 6.45) is 2.82. The van der Waals surface area contributed by atoms with E-state index >= 15 is 0 Å². The summed E-state index contributed by atoms with van der Waals surface area (Å²) in [6.45, 7) is 0.602. The number of sulfonamides is 1. The van der Waals surface area contributed by atoms with Crippen molar-refractivity contribution in [2.75, 3.05) is 24.7 Å². The van der Waals surface area contributed by atoms with E-state index in [0.29, 0.717) is 36.1 Å². The number of nitrogens with zero attached hydrogens (tertiary/aromatic N) is 3. The van der Waals surface area contributed by atoms with Crippen LogP contribution in [0.25, 0.3) is 0 Å². The highest BCUT2D eigenvalue weighted by Crippen LogP contribution is 2.27. The molecule has 1 N–H and O–H groups in total. The first-order valence-electron chi connectivity index (χ1n) is 7.84. The van der Waals surface area contributed by atoms with Gasteiger partial charge in [0.05, 0.1) is 4.90 Å². The van der Waals surface area contributed by atoms with Gasteiger partial charge in [0.25, 0.3) is 0 Å². The van der Waals surface area contributed by atoms with Gasteiger partial charge in [0.15, 0.2) is 4.34 Å². The summed E-state index contributed by atoms with van der Waals surface area (Å²) in [5.41, 5.74) is 0. The normalized spacial score (nSPS) is 16.5. The smallest absolute Gasteiger partial charge is 0.243 e. The average molecular weight is 433 g/mol. The maximum absolute atomic E-state index is 12.7. The van der Waals surface area contributed by atoms with Crippen LogP contribution in [-0.2, 0) is 14.8 Å². The molecule has 0 unspecified atom stereocenters. The molecule has 140 valence electrons. The second-order valence-corrected chi connectivity index (χ2v) is 10.1. The van der Waals surface area contributed by atoms with Gasteiger partial charge in [0, 0.05) is 24.0 Å². The van der Waals surface area contributed by atoms with Crippen molar-refractivity contribution in [3.8, 4) is 0 Å². The number of amides is 1. The lowest BCUT2D eigenvalue weighted by Gasteiger charge is -2.30. The lowest BCUT2D eigenvalue weighted by molar-refractivity contribution is -0.120. The molecule has 0 saturated carbocycles. The van der Waals surface area contributed by atoms with Crippen molar-refractivity contribution >= 4 is 55.8 Å². The van der Waals surface area contributed by atoms with E-state index in [-0.39, 0.29) is 16.7 Å². The quantitative estimate of drug-likeness (QED) is 0.576. The minimum Gasteiger partial charge on any atom is -0.300 e. The molecule has 0 spiro atoms. The molecule has 0 aliphatic carbocycles. The SMILES string of the molecule is CSc1nnc(NC(=O)C2CCN(S(=O)(=O)c3ccc(Cl)cc3)CC2)s1. The minimum absolute atomic E-state index is 0.141. The Labute approximate surface area is 165 Å². The summed E-state index contributed by atoms with van der Waals surface area (Å²) in [5.74, 6) is -0.384. The van der Waals surface area contributed by atoms with Crippen molar-refractivity contribution in [2.24, 2.45) is 5.92 Å². The van der Waals surface area contributed by atoms with Gasteiger partial charge in [-0.05, 0) is 43.4 Å². The Kier molecular flexibility index (Phi) is 6.18. The number of nitrogens with one attached hydrogen (secondary N) is 1. The molecule has 1 amide bonds. The highest BCUT2D eigenvalue weighted by Gasteiger charge is 2.32. The fourth-order valence-electron chi connectivity index (χ4n) is 2.66. The summed E-state index contributed by atoms with van der Waals surface area (Å²) in [5, 5.41) is 11.6. The van der Waals surface area contributed by atoms with Gasteiger partial charge in [-0.3, -0.25) is 4.79 Å². The molecular formula is C15H17ClN4O3S3. The highest BCUT2D eigenvalue weighted by atomic mass is 35.5. The molecule has 1 aliphatic heterocycles. The fraction of sp³-hybridized carbons (Fsp3) is 0.400. The minimum atomic E-state index is -3.57. The Morgan fingerprint density at radius 3 is 2.50 bits per heavy atom. The molecule has 1 fully saturated rings. The number of benzene rings is 1. The van der Waals surface area contributed by atoms with Crippen molar-refractivity contribution in [2.45, 2.75) is 22.1 Å². The number of anilines is 1. The van der Waals surface area contributed by atoms with Gasteiger partial charge in [-0.25, -0.2) is 8.42 Å². The van der Waals surface area contributed by atoms with Crippen LogP contribution in [-0.4, -0.2) is 48.2 Å². The molecule has 1 aromatic carbocycles. The summed E-state index contributed by atoms with van der Waals surface area (Å²) in [6, 6.07) is 6.10. The van der Waals surface area contributed by atoms with Crippen molar-refractivity contribution in [1.29, 1.82) is 0 Å². The second-order valence-electron chi connectivity index (χ2n) is 5.70. The van der Waals surface area contributed by atoms with Gasteiger partial charge in [0.2, 0.25) is 21.1 Å². The standard InChI is InChI=1S/C15H17ClN4O3S3/c1-24-15-19-18-14(25-15)17-13(21)10-6-8-20(9-7-10)26(22,23)12-4-2-11(16)3-5-12/h2-5,10H,6-9H2,1H3,(H,17,18,21). The molecule has 0 atom stereocenters. The van der Waals surface area contributed by atoms with E-state index in [1.54, 1.807) is 12.1 Å². The van der Waals surface area contributed by atoms with E-state index in [1.807, 2.05) is 6.26 Å². The number of rotatable bonds is 5. The van der Waals surface area contributed by atoms with Crippen molar-refractivity contribution in [3.63, 3.8) is 0 Å². The number of halogens is 1. The van der Waals surface area contributed by atoms with E-state index in [4.69, 9.17) is 11.6 Å². The van der Waals surface area contributed by atoms with E-state index in [9.17, 15) is 13.2 Å². The molecule has 26 heavy (non-hydrogen) atoms. The topological polar surface area (TPSA) is 92.3 Å². The summed E-state index contributed by atoms with van der Waals surface area (Å²) in [7, 11) is -3.57. The zero-order valence-electron chi connectivity index (χ0n) is 13.9. The molecule has 0 bridgehead atoms. The Balaban J connectivity index is 1.59. The molecule has 0 radical (unpaired) electrons. The van der Waals surface area contributed by atoms with Crippen molar-refractivity contribution in [1.82, 2.24) is 14.5 Å². The van der Waals surface area contributed by atoms with E-state index in [0.717, 1.165) is 4.34 Å².